The van der Waals surface area contributed by atoms with E-state index in [1.54, 1.807) is 0 Å². The van der Waals surface area contributed by atoms with Gasteiger partial charge in [0.2, 0.25) is 0 Å². The first-order valence-electron chi connectivity index (χ1n) is 2.21. The minimum absolute atomic E-state index is 0.168. The lowest BCUT2D eigenvalue weighted by atomic mass is 10.6. The molecular weight excluding hydrogens is 112 g/mol. The molecule has 2 nitrogen and oxygen atoms in total. The van der Waals surface area contributed by atoms with Gasteiger partial charge in [-0.2, -0.15) is 0 Å². The van der Waals surface area contributed by atoms with E-state index in [1.807, 2.05) is 6.92 Å². The Hall–Kier alpha value is -0.0800. The van der Waals surface area contributed by atoms with Gasteiger partial charge in [-0.05, 0) is 6.54 Å². The predicted octanol–water partition coefficient (Wildman–Crippen LogP) is 0.812. The number of hydrogen-bond acceptors (Lipinski definition) is 2. The fourth-order valence-electron chi connectivity index (χ4n) is 0.235. The molecule has 2 N–H and O–H groups in total. The Morgan fingerprint density at radius 1 is 1.86 bits per heavy atom. The highest BCUT2D eigenvalue weighted by molar-refractivity contribution is 6.65. The Bertz CT molecular complexity index is 62.7. The first-order valence-corrected chi connectivity index (χ1v) is 2.58. The first-order chi connectivity index (χ1) is 3.27. The number of halogens is 1. The summed E-state index contributed by atoms with van der Waals surface area (Å²) >= 11 is 5.18. The van der Waals surface area contributed by atoms with Gasteiger partial charge in [-0.3, -0.25) is 5.41 Å². The molecule has 0 aromatic rings. The summed E-state index contributed by atoms with van der Waals surface area (Å²) in [4.78, 5) is 0. The molecule has 0 saturated carbocycles. The van der Waals surface area contributed by atoms with Crippen molar-refractivity contribution in [3.05, 3.63) is 0 Å². The Morgan fingerprint density at radius 3 is 2.57 bits per heavy atom. The molecule has 0 radical (unpaired) electrons. The van der Waals surface area contributed by atoms with Crippen LogP contribution in [-0.4, -0.2) is 18.3 Å². The molecule has 0 aromatic carbocycles. The quantitative estimate of drug-likeness (QED) is 0.532. The van der Waals surface area contributed by atoms with Crippen molar-refractivity contribution >= 4 is 16.8 Å². The van der Waals surface area contributed by atoms with Crippen LogP contribution in [0, 0.1) is 5.41 Å². The molecule has 7 heavy (non-hydrogen) atoms. The first kappa shape index (κ1) is 6.92. The standard InChI is InChI=1S/C4H9ClN2/c1-2-7-3-4(5)6/h6-7H,2-3H2,1H3. The molecule has 0 saturated heterocycles. The summed E-state index contributed by atoms with van der Waals surface area (Å²) in [5.74, 6) is 0. The summed E-state index contributed by atoms with van der Waals surface area (Å²) in [6, 6.07) is 0. The van der Waals surface area contributed by atoms with Gasteiger partial charge in [-0.1, -0.05) is 18.5 Å². The second kappa shape index (κ2) is 4.09. The fraction of sp³-hybridized carbons (Fsp3) is 0.750. The summed E-state index contributed by atoms with van der Waals surface area (Å²) in [6.07, 6.45) is 0. The van der Waals surface area contributed by atoms with Crippen molar-refractivity contribution in [3.8, 4) is 0 Å². The van der Waals surface area contributed by atoms with Crippen LogP contribution < -0.4 is 5.32 Å². The monoisotopic (exact) mass is 120 g/mol. The average Bonchev–Trinajstić information content (AvgIpc) is 1.61. The number of rotatable bonds is 3. The smallest absolute Gasteiger partial charge is 0.111 e. The third-order valence-electron chi connectivity index (χ3n) is 0.530. The zero-order valence-corrected chi connectivity index (χ0v) is 5.05. The maximum Gasteiger partial charge on any atom is 0.111 e. The van der Waals surface area contributed by atoms with Gasteiger partial charge >= 0.3 is 0 Å². The summed E-state index contributed by atoms with van der Waals surface area (Å²) in [5, 5.41) is 9.76. The van der Waals surface area contributed by atoms with Gasteiger partial charge < -0.3 is 5.32 Å². The van der Waals surface area contributed by atoms with E-state index < -0.39 is 0 Å². The van der Waals surface area contributed by atoms with E-state index in [-0.39, 0.29) is 5.17 Å². The average molecular weight is 121 g/mol. The highest BCUT2D eigenvalue weighted by atomic mass is 35.5. The van der Waals surface area contributed by atoms with Crippen LogP contribution in [0.5, 0.6) is 0 Å². The Balaban J connectivity index is 2.82. The van der Waals surface area contributed by atoms with Crippen LogP contribution in [0.1, 0.15) is 6.92 Å². The normalized spacial score (nSPS) is 8.86. The zero-order chi connectivity index (χ0) is 5.70. The van der Waals surface area contributed by atoms with Crippen LogP contribution in [0.25, 0.3) is 0 Å². The van der Waals surface area contributed by atoms with Crippen LogP contribution in [0.4, 0.5) is 0 Å². The molecule has 0 bridgehead atoms. The lowest BCUT2D eigenvalue weighted by molar-refractivity contribution is 0.820. The second-order valence-electron chi connectivity index (χ2n) is 1.19. The van der Waals surface area contributed by atoms with E-state index in [9.17, 15) is 0 Å². The van der Waals surface area contributed by atoms with Crippen LogP contribution in [0.15, 0.2) is 0 Å². The summed E-state index contributed by atoms with van der Waals surface area (Å²) in [6.45, 7) is 3.34. The molecule has 0 aliphatic heterocycles. The fourth-order valence-corrected chi connectivity index (χ4v) is 0.329. The predicted molar refractivity (Wildman–Crippen MR) is 32.1 cm³/mol. The van der Waals surface area contributed by atoms with Gasteiger partial charge in [0.15, 0.2) is 0 Å². The molecular formula is C4H9ClN2. The van der Waals surface area contributed by atoms with Gasteiger partial charge in [-0.25, -0.2) is 0 Å². The van der Waals surface area contributed by atoms with Gasteiger partial charge in [0.25, 0.3) is 0 Å². The van der Waals surface area contributed by atoms with Crippen molar-refractivity contribution in [3.63, 3.8) is 0 Å². The van der Waals surface area contributed by atoms with E-state index in [0.29, 0.717) is 6.54 Å². The van der Waals surface area contributed by atoms with Crippen molar-refractivity contribution in [2.45, 2.75) is 6.92 Å². The van der Waals surface area contributed by atoms with Crippen molar-refractivity contribution in [1.82, 2.24) is 5.32 Å². The van der Waals surface area contributed by atoms with E-state index in [0.717, 1.165) is 6.54 Å². The van der Waals surface area contributed by atoms with E-state index in [1.165, 1.54) is 0 Å². The van der Waals surface area contributed by atoms with Crippen LogP contribution in [0.2, 0.25) is 0 Å². The Labute approximate surface area is 48.4 Å². The second-order valence-corrected chi connectivity index (χ2v) is 1.64. The lowest BCUT2D eigenvalue weighted by Crippen LogP contribution is -2.18. The molecule has 0 aliphatic rings. The van der Waals surface area contributed by atoms with Crippen molar-refractivity contribution in [2.24, 2.45) is 0 Å². The SMILES string of the molecule is CCNCC(=N)Cl. The van der Waals surface area contributed by atoms with Gasteiger partial charge in [0, 0.05) is 6.54 Å². The minimum atomic E-state index is 0.168. The van der Waals surface area contributed by atoms with Crippen LogP contribution in [0.3, 0.4) is 0 Å². The third-order valence-corrected chi connectivity index (χ3v) is 0.664. The summed E-state index contributed by atoms with van der Waals surface area (Å²) < 4.78 is 0. The number of nitrogens with one attached hydrogen (secondary N) is 2. The largest absolute Gasteiger partial charge is 0.311 e. The topological polar surface area (TPSA) is 35.9 Å². The van der Waals surface area contributed by atoms with E-state index >= 15 is 0 Å². The highest BCUT2D eigenvalue weighted by Crippen LogP contribution is 1.73. The third kappa shape index (κ3) is 5.92. The van der Waals surface area contributed by atoms with E-state index in [2.05, 4.69) is 5.32 Å². The Kier molecular flexibility index (Phi) is 4.04. The van der Waals surface area contributed by atoms with Crippen LogP contribution >= 0.6 is 11.6 Å². The molecule has 0 fully saturated rings. The van der Waals surface area contributed by atoms with Gasteiger partial charge in [0.1, 0.15) is 5.17 Å². The molecule has 0 rings (SSSR count). The zero-order valence-electron chi connectivity index (χ0n) is 4.29. The molecule has 0 amide bonds. The maximum atomic E-state index is 6.70. The number of hydrogen-bond donors (Lipinski definition) is 2. The van der Waals surface area contributed by atoms with Gasteiger partial charge in [0.05, 0.1) is 0 Å². The minimum Gasteiger partial charge on any atom is -0.311 e. The molecule has 0 heterocycles. The Morgan fingerprint density at radius 2 is 2.43 bits per heavy atom. The van der Waals surface area contributed by atoms with Crippen molar-refractivity contribution in [1.29, 1.82) is 5.41 Å². The lowest BCUT2D eigenvalue weighted by Gasteiger charge is -1.92. The molecule has 42 valence electrons. The molecule has 0 aromatic heterocycles. The van der Waals surface area contributed by atoms with Crippen molar-refractivity contribution < 1.29 is 0 Å². The summed E-state index contributed by atoms with van der Waals surface area (Å²) in [5.41, 5.74) is 0. The molecule has 0 spiro atoms. The highest BCUT2D eigenvalue weighted by Gasteiger charge is 1.83. The molecule has 3 heteroatoms. The molecule has 0 aliphatic carbocycles. The molecule has 0 atom stereocenters. The summed E-state index contributed by atoms with van der Waals surface area (Å²) in [7, 11) is 0. The van der Waals surface area contributed by atoms with Crippen molar-refractivity contribution in [2.75, 3.05) is 13.1 Å². The van der Waals surface area contributed by atoms with E-state index in [4.69, 9.17) is 17.0 Å². The molecule has 0 unspecified atom stereocenters. The maximum absolute atomic E-state index is 6.70. The van der Waals surface area contributed by atoms with Gasteiger partial charge in [-0.15, -0.1) is 0 Å². The van der Waals surface area contributed by atoms with Crippen LogP contribution in [-0.2, 0) is 0 Å².